The number of carboxylic acids is 3. The van der Waals surface area contributed by atoms with Crippen LogP contribution in [0.3, 0.4) is 0 Å². The number of hydrogen-bond acceptors (Lipinski definition) is 21. The molecule has 0 fully saturated rings. The standard InChI is InChI=1S/C21H32O2.C14H22O4.C12H22O.2C11H20O.C8H13BrO.C8H12O3.C8H14O2.C7H10O3.C7H10O2.4CH4O.3H2O/c1-5-6-7-8-15-12-18(22)20-16-11-14(2)9-10-17(16)21(3,4)23-19(20)13-15;1-10(15)17-13(3,4)12-6-8-14(5,9-7-12)18-11(2)16;1-3-4-5-7-11-8-6-9-12(10-11)13-2;2*1-2-3-4-6-10-7-5-8-11(12)9-10;1-10-8-4-2-3-7(5-8)6-9;1-11-7-4-2-3-6(5-7)8(9)10;1-10-8-4-2-3-7(5-8)6-9;8-6-3-1-2-5(4-6)7(9)10;8-7(9)6-4-2-1-3-5-6;4*1-2;;;/h11,13,16-18,22H,5-10,12H2,1-4H3;6,8,12H,7,9H2,1-5H3;6,9,11-12H,3-5,7-8,10H2,1-2H3;2*5,8,10-12H,2-4,6-7,9H2,1H3;2,4,7-8H,3,5-6H2,1H3;2,4,6-7H,3,5H2,1H3,(H,9,10);2,4,7-9H,3,5-6H2,1H3;1,3,5-6,8H,2,4H2,(H,9,10);1-2,6H,3-5H2,(H,8,9);4*2H,1H3;3*1H2/t;12-,14-;;;;;;;;;;;;;;;/m.0.............../s1/i12+1,13+1,15+1,18+1,19+1,20+1;;6+1,8+1,9+1,10+1,11+1,12+1;2*5+1,7+1,8+1,9+1,10+1,11+1;2+1,3+1,4+1,5+1,7+1,8+1;2+1,3+1,4+1,5+1,6+1,7+1;2+1,3+1,4+1,5+1,7+1,8+1;2*1+1,2+1,3+1,4+1,5+1,6+1;;;;;;;. The molecule has 0 aromatic heterocycles. The van der Waals surface area contributed by atoms with Crippen LogP contribution in [0.25, 0.3) is 0 Å². The number of carbonyl (C=O) groups excluding carboxylic acids is 2. The first-order chi connectivity index (χ1) is 65.0. The molecule has 1 aliphatic heterocycles. The Hall–Kier alpha value is -6.13. The Morgan fingerprint density at radius 3 is 1.25 bits per heavy atom. The molecule has 18 N–H and O–H groups in total. The van der Waals surface area contributed by atoms with Crippen molar-refractivity contribution in [1.82, 2.24) is 0 Å². The van der Waals surface area contributed by atoms with E-state index in [0.717, 1.165) is 159 Å². The van der Waals surface area contributed by atoms with Crippen LogP contribution in [0.1, 0.15) is 327 Å². The molecule has 18 unspecified atom stereocenters. The number of unbranched alkanes of at least 4 members (excludes halogenated alkanes) is 8. The van der Waals surface area contributed by atoms with E-state index in [1.54, 1.807) is 33.5 Å². The molecule has 0 amide bonds. The third-order valence-electron chi connectivity index (χ3n) is 26.4. The predicted molar refractivity (Wildman–Crippen MR) is 563 cm³/mol. The molecule has 0 aromatic rings. The topological polar surface area (TPSA) is 487 Å². The van der Waals surface area contributed by atoms with Crippen molar-refractivity contribution < 1.29 is 135 Å². The highest BCUT2D eigenvalue weighted by atomic mass is 79.9. The molecular weight excluding hydrogens is 1900 g/mol. The Morgan fingerprint density at radius 1 is 0.475 bits per heavy atom. The molecule has 0 radical (unpaired) electrons. The molecule has 28 heteroatoms. The first-order valence-corrected chi connectivity index (χ1v) is 51.8. The summed E-state index contributed by atoms with van der Waals surface area (Å²) in [4.78, 5) is 53.3. The van der Waals surface area contributed by atoms with E-state index in [1.807, 2.05) is 76.5 Å². The first-order valence-electron chi connectivity index (χ1n) is 50.7. The van der Waals surface area contributed by atoms with E-state index in [4.69, 9.17) is 79.1 Å². The van der Waals surface area contributed by atoms with Gasteiger partial charge in [0.05, 0.1) is 66.6 Å². The second-order valence-corrected chi connectivity index (χ2v) is 39.1. The molecule has 0 spiro atoms. The molecule has 27 nitrogen and oxygen atoms in total. The summed E-state index contributed by atoms with van der Waals surface area (Å²) in [5, 5.41) is 102. The molecule has 0 bridgehead atoms. The van der Waals surface area contributed by atoms with E-state index in [-0.39, 0.29) is 94.8 Å². The zero-order valence-electron chi connectivity index (χ0n) is 88.9. The van der Waals surface area contributed by atoms with Gasteiger partial charge in [0.15, 0.2) is 0 Å². The van der Waals surface area contributed by atoms with Crippen LogP contribution in [0.4, 0.5) is 0 Å². The number of halogens is 1. The van der Waals surface area contributed by atoms with E-state index >= 15 is 0 Å². The van der Waals surface area contributed by atoms with Crippen LogP contribution >= 0.6 is 15.9 Å². The van der Waals surface area contributed by atoms with Gasteiger partial charge in [-0.05, 0) is 237 Å². The fourth-order valence-electron chi connectivity index (χ4n) is 18.5. The minimum absolute atomic E-state index is 0. The van der Waals surface area contributed by atoms with Crippen molar-refractivity contribution in [1.29, 1.82) is 0 Å². The Balaban J connectivity index is -0.000000479. The van der Waals surface area contributed by atoms with Crippen molar-refractivity contribution in [3.05, 3.63) is 144 Å². The Bertz CT molecular complexity index is 3460. The van der Waals surface area contributed by atoms with Crippen molar-refractivity contribution in [3.8, 4) is 0 Å². The fourth-order valence-corrected chi connectivity index (χ4v) is 19.1. The summed E-state index contributed by atoms with van der Waals surface area (Å²) < 4.78 is 37.7. The van der Waals surface area contributed by atoms with E-state index in [2.05, 4.69) is 125 Å². The highest BCUT2D eigenvalue weighted by Crippen LogP contribution is 2.51. The number of fused-ring (bicyclic) bond motifs is 2. The molecule has 139 heavy (non-hydrogen) atoms. The lowest BCUT2D eigenvalue weighted by atomic mass is 9.74. The summed E-state index contributed by atoms with van der Waals surface area (Å²) in [6.07, 6.45) is 81.8. The van der Waals surface area contributed by atoms with Gasteiger partial charge in [-0.1, -0.05) is 254 Å². The number of carbonyl (C=O) groups is 5. The average molecular weight is 2100 g/mol. The summed E-state index contributed by atoms with van der Waals surface area (Å²) in [6, 6.07) is 0. The average Bonchev–Trinajstić information content (AvgIpc) is 0.740. The number of ether oxygens (including phenoxy) is 7. The lowest BCUT2D eigenvalue weighted by Crippen LogP contribution is -2.46. The number of aliphatic carboxylic acids is 3. The maximum atomic E-state index is 11.1. The number of alkyl halides is 1. The van der Waals surface area contributed by atoms with Crippen molar-refractivity contribution in [2.45, 2.75) is 393 Å². The van der Waals surface area contributed by atoms with Gasteiger partial charge < -0.3 is 111 Å². The maximum Gasteiger partial charge on any atom is 0.306 e. The second kappa shape index (κ2) is 85.1. The SMILES string of the molecule is CC(=O)OC(C)(C)[C@H]1C=C[C@](C)(OC(C)=O)CC1.CCCCC[13CH]1[13CH2][13CH]=[13CH][13CH](O)[13CH2]1.CCCCC[13CH]1[13CH2][13CH]=[13CH][13CH](O)[13CH2]1.CCCCC[13CH]1[13CH2][13CH]=[13CH][13CH](OC)[13CH2]1.CCCCC[13C]1=[13CH][13C]2=[13C](C3C=C(C)CCC3C(C)(C)O2)[13CH](O)[13CH2]1.CO.CO.CO.CO.CO[13CH]1[13CH]=[13CH][13CH2][13CH](C(=O)O)[13CH2]1.CO[13CH]1[13CH]=[13CH][13CH2][13CH](CBr)[13CH2]1.CO[13CH]1[13CH]=[13CH][13CH2][13CH](CO)[13CH2]1.O.O.O.O=C(O)[13CH]1[13CH2][13CH]=[13CH][13CH2][13CH2]1.O=C(O)[13CH]1[13CH2][13CH]=[13CH][13CH](O)[13CH2]1. The Morgan fingerprint density at radius 2 is 0.871 bits per heavy atom. The van der Waals surface area contributed by atoms with Crippen LogP contribution in [0.15, 0.2) is 144 Å². The summed E-state index contributed by atoms with van der Waals surface area (Å²) in [5.74, 6) is 1.98. The summed E-state index contributed by atoms with van der Waals surface area (Å²) in [7, 11) is 10.9. The van der Waals surface area contributed by atoms with Gasteiger partial charge in [0.2, 0.25) is 0 Å². The van der Waals surface area contributed by atoms with Crippen LogP contribution < -0.4 is 0 Å². The second-order valence-electron chi connectivity index (χ2n) is 38.4. The van der Waals surface area contributed by atoms with Gasteiger partial charge >= 0.3 is 29.8 Å². The number of methoxy groups -OCH3 is 4. The van der Waals surface area contributed by atoms with Crippen LogP contribution in [0.5, 0.6) is 0 Å². The van der Waals surface area contributed by atoms with E-state index < -0.39 is 35.2 Å². The zero-order chi connectivity index (χ0) is 103. The van der Waals surface area contributed by atoms with Gasteiger partial charge in [0, 0.05) is 106 Å². The molecule has 12 rings (SSSR count). The maximum absolute atomic E-state index is 11.1. The van der Waals surface area contributed by atoms with Crippen LogP contribution in [0, 0.1) is 65.1 Å². The van der Waals surface area contributed by atoms with Crippen molar-refractivity contribution in [2.75, 3.05) is 68.8 Å². The lowest BCUT2D eigenvalue weighted by Gasteiger charge is -2.49. The minimum atomic E-state index is -0.816. The molecule has 12 aliphatic rings. The van der Waals surface area contributed by atoms with Crippen LogP contribution in [-0.4, -0.2) is 242 Å². The minimum Gasteiger partial charge on any atom is -0.487 e. The van der Waals surface area contributed by atoms with Crippen molar-refractivity contribution in [3.63, 3.8) is 0 Å². The number of allylic oxidation sites excluding steroid dienone is 12. The van der Waals surface area contributed by atoms with Gasteiger partial charge in [0.25, 0.3) is 0 Å². The van der Waals surface area contributed by atoms with Crippen LogP contribution in [0.2, 0.25) is 0 Å². The molecule has 0 saturated carbocycles. The number of aliphatic hydroxyl groups excluding tert-OH is 9. The predicted octanol–water partition coefficient (Wildman–Crippen LogP) is 19.4. The number of esters is 2. The fraction of sp³-hybridized carbons (Fsp3) is 0.739. The quantitative estimate of drug-likeness (QED) is 0.0114. The summed E-state index contributed by atoms with van der Waals surface area (Å²) in [5.41, 5.74) is 2.75. The first kappa shape index (κ1) is 141. The van der Waals surface area contributed by atoms with Crippen molar-refractivity contribution >= 4 is 45.8 Å². The Labute approximate surface area is 846 Å². The van der Waals surface area contributed by atoms with Gasteiger partial charge in [-0.25, -0.2) is 0 Å². The highest BCUT2D eigenvalue weighted by Gasteiger charge is 2.48. The zero-order valence-corrected chi connectivity index (χ0v) is 90.5. The molecule has 0 saturated heterocycles. The lowest BCUT2D eigenvalue weighted by molar-refractivity contribution is -0.159. The van der Waals surface area contributed by atoms with Gasteiger partial charge in [-0.15, -0.1) is 0 Å². The number of rotatable bonds is 28. The molecule has 1 heterocycles. The monoisotopic (exact) mass is 2100 g/mol. The number of hydrogen-bond donors (Lipinski definition) is 12. The van der Waals surface area contributed by atoms with Gasteiger partial charge in [-0.3, -0.25) is 24.0 Å². The summed E-state index contributed by atoms with van der Waals surface area (Å²) >= 11 is 3.48. The number of carboxylic acid groups (broad SMARTS) is 3. The van der Waals surface area contributed by atoms with E-state index in [1.165, 1.54) is 153 Å². The largest absolute Gasteiger partial charge is 0.487 e. The van der Waals surface area contributed by atoms with E-state index in [9.17, 15) is 39.3 Å². The molecule has 810 valence electrons. The molecule has 11 aliphatic carbocycles. The smallest absolute Gasteiger partial charge is 0.306 e. The Kier molecular flexibility index (Phi) is 86.6. The van der Waals surface area contributed by atoms with Crippen molar-refractivity contribution in [2.24, 2.45) is 65.1 Å². The third kappa shape index (κ3) is 63.0. The van der Waals surface area contributed by atoms with Crippen LogP contribution in [-0.2, 0) is 57.1 Å². The normalized spacial score (nSPS) is 27.9. The molecule has 20 atom stereocenters. The van der Waals surface area contributed by atoms with E-state index in [0.29, 0.717) is 55.6 Å². The summed E-state index contributed by atoms with van der Waals surface area (Å²) in [6.45, 7) is 24.4. The molecule has 0 aromatic carbocycles. The highest BCUT2D eigenvalue weighted by molar-refractivity contribution is 9.09. The molecular formula is C111H197BrO27. The third-order valence-corrected chi connectivity index (χ3v) is 27.3. The number of aliphatic hydroxyl groups is 9. The van der Waals surface area contributed by atoms with Gasteiger partial charge in [0.1, 0.15) is 22.6 Å². The van der Waals surface area contributed by atoms with Gasteiger partial charge in [-0.2, -0.15) is 0 Å².